The molecular formula is C22H33NO3S. The summed E-state index contributed by atoms with van der Waals surface area (Å²) in [7, 11) is 0. The first-order chi connectivity index (χ1) is 12.5. The minimum Gasteiger partial charge on any atom is -0.480 e. The first-order valence-electron chi connectivity index (χ1n) is 9.77. The molecule has 1 aliphatic rings. The molecule has 5 heteroatoms. The van der Waals surface area contributed by atoms with E-state index < -0.39 is 17.4 Å². The van der Waals surface area contributed by atoms with E-state index in [1.54, 1.807) is 11.8 Å². The number of carboxylic acid groups (broad SMARTS) is 1. The third-order valence-electron chi connectivity index (χ3n) is 5.09. The number of benzene rings is 1. The number of hydrogen-bond acceptors (Lipinski definition) is 3. The largest absolute Gasteiger partial charge is 0.480 e. The predicted octanol–water partition coefficient (Wildman–Crippen LogP) is 4.31. The Hall–Kier alpha value is -1.49. The van der Waals surface area contributed by atoms with Crippen LogP contribution in [0.1, 0.15) is 58.6 Å². The Labute approximate surface area is 167 Å². The molecule has 2 N–H and O–H groups in total. The summed E-state index contributed by atoms with van der Waals surface area (Å²) < 4.78 is 0.0500. The van der Waals surface area contributed by atoms with Crippen LogP contribution in [0.4, 0.5) is 0 Å². The van der Waals surface area contributed by atoms with Gasteiger partial charge in [-0.3, -0.25) is 4.79 Å². The lowest BCUT2D eigenvalue weighted by Crippen LogP contribution is -2.52. The summed E-state index contributed by atoms with van der Waals surface area (Å²) in [4.78, 5) is 25.0. The van der Waals surface area contributed by atoms with Gasteiger partial charge in [0.05, 0.1) is 5.41 Å². The van der Waals surface area contributed by atoms with Crippen LogP contribution in [0, 0.1) is 11.3 Å². The number of carbonyl (C=O) groups excluding carboxylic acids is 1. The van der Waals surface area contributed by atoms with Gasteiger partial charge in [-0.1, -0.05) is 58.9 Å². The molecule has 0 spiro atoms. The summed E-state index contributed by atoms with van der Waals surface area (Å²) in [5.74, 6) is -0.155. The van der Waals surface area contributed by atoms with Gasteiger partial charge in [0.15, 0.2) is 0 Å². The molecule has 2 rings (SSSR count). The van der Waals surface area contributed by atoms with Gasteiger partial charge in [0.1, 0.15) is 6.04 Å². The van der Waals surface area contributed by atoms with Crippen LogP contribution in [0.25, 0.3) is 0 Å². The third-order valence-corrected chi connectivity index (χ3v) is 6.66. The molecule has 0 fully saturated rings. The van der Waals surface area contributed by atoms with Gasteiger partial charge >= 0.3 is 5.97 Å². The number of aryl methyl sites for hydroxylation is 1. The molecule has 1 aromatic rings. The summed E-state index contributed by atoms with van der Waals surface area (Å²) in [5, 5.41) is 12.4. The maximum atomic E-state index is 13.4. The van der Waals surface area contributed by atoms with E-state index in [0.717, 1.165) is 12.8 Å². The van der Waals surface area contributed by atoms with Gasteiger partial charge < -0.3 is 10.4 Å². The van der Waals surface area contributed by atoms with E-state index in [1.807, 2.05) is 26.0 Å². The minimum atomic E-state index is -0.952. The number of aliphatic carboxylic acids is 1. The Balaban J connectivity index is 2.27. The number of fused-ring (bicyclic) bond motifs is 1. The van der Waals surface area contributed by atoms with Crippen LogP contribution in [0.2, 0.25) is 0 Å². The molecular weight excluding hydrogens is 358 g/mol. The molecule has 0 bridgehead atoms. The third kappa shape index (κ3) is 6.00. The predicted molar refractivity (Wildman–Crippen MR) is 112 cm³/mol. The Morgan fingerprint density at radius 3 is 2.41 bits per heavy atom. The molecule has 0 radical (unpaired) electrons. The quantitative estimate of drug-likeness (QED) is 0.727. The van der Waals surface area contributed by atoms with Crippen molar-refractivity contribution in [3.05, 3.63) is 35.4 Å². The summed E-state index contributed by atoms with van der Waals surface area (Å²) in [6.07, 6.45) is 2.73. The summed E-state index contributed by atoms with van der Waals surface area (Å²) in [6.45, 7) is 10.4. The first kappa shape index (κ1) is 21.8. The lowest BCUT2D eigenvalue weighted by Gasteiger charge is -2.39. The number of hydrogen-bond donors (Lipinski definition) is 2. The molecule has 2 atom stereocenters. The highest BCUT2D eigenvalue weighted by Crippen LogP contribution is 2.41. The van der Waals surface area contributed by atoms with Crippen LogP contribution in [-0.4, -0.2) is 33.5 Å². The van der Waals surface area contributed by atoms with E-state index >= 15 is 0 Å². The van der Waals surface area contributed by atoms with Gasteiger partial charge in [-0.15, -0.1) is 0 Å². The summed E-state index contributed by atoms with van der Waals surface area (Å²) in [5.41, 5.74) is 1.96. The van der Waals surface area contributed by atoms with E-state index in [9.17, 15) is 14.7 Å². The minimum absolute atomic E-state index is 0.0500. The van der Waals surface area contributed by atoms with Crippen LogP contribution < -0.4 is 5.32 Å². The maximum Gasteiger partial charge on any atom is 0.326 e. The first-order valence-corrected chi connectivity index (χ1v) is 10.8. The number of thioether (sulfide) groups is 1. The average Bonchev–Trinajstić information content (AvgIpc) is 2.58. The highest BCUT2D eigenvalue weighted by atomic mass is 32.2. The van der Waals surface area contributed by atoms with Gasteiger partial charge in [0.25, 0.3) is 0 Å². The van der Waals surface area contributed by atoms with Crippen molar-refractivity contribution < 1.29 is 14.7 Å². The molecule has 4 nitrogen and oxygen atoms in total. The number of amides is 1. The zero-order valence-electron chi connectivity index (χ0n) is 17.2. The molecule has 1 unspecified atom stereocenters. The van der Waals surface area contributed by atoms with Gasteiger partial charge in [-0.2, -0.15) is 11.8 Å². The molecule has 150 valence electrons. The van der Waals surface area contributed by atoms with Crippen molar-refractivity contribution in [3.8, 4) is 0 Å². The van der Waals surface area contributed by atoms with Gasteiger partial charge in [0.2, 0.25) is 5.91 Å². The topological polar surface area (TPSA) is 66.4 Å². The molecule has 0 saturated heterocycles. The van der Waals surface area contributed by atoms with E-state index in [1.165, 1.54) is 11.1 Å². The molecule has 0 heterocycles. The normalized spacial score (nSPS) is 20.8. The number of rotatable bonds is 7. The standard InChI is InChI=1S/C22H33NO3S/c1-15(2)12-18(19(24)25)23-20(26)22(14-27-21(3,4)5)11-10-16-8-6-7-9-17(16)13-22/h6-9,15,18H,10-14H2,1-5H3,(H,23,26)(H,24,25)/t18-,22?/m0/s1. The van der Waals surface area contributed by atoms with Crippen molar-refractivity contribution in [1.29, 1.82) is 0 Å². The molecule has 1 aliphatic carbocycles. The zero-order valence-corrected chi connectivity index (χ0v) is 18.0. The Bertz CT molecular complexity index is 680. The molecule has 0 saturated carbocycles. The molecule has 1 amide bonds. The van der Waals surface area contributed by atoms with Crippen LogP contribution in [0.5, 0.6) is 0 Å². The van der Waals surface area contributed by atoms with Crippen LogP contribution in [0.3, 0.4) is 0 Å². The average molecular weight is 392 g/mol. The number of nitrogens with one attached hydrogen (secondary N) is 1. The highest BCUT2D eigenvalue weighted by Gasteiger charge is 2.43. The molecule has 1 aromatic carbocycles. The number of carboxylic acids is 1. The second kappa shape index (κ2) is 8.68. The highest BCUT2D eigenvalue weighted by molar-refractivity contribution is 8.00. The van der Waals surface area contributed by atoms with E-state index in [0.29, 0.717) is 18.6 Å². The Morgan fingerprint density at radius 1 is 1.22 bits per heavy atom. The molecule has 0 aromatic heterocycles. The van der Waals surface area contributed by atoms with Gasteiger partial charge in [-0.05, 0) is 42.7 Å². The van der Waals surface area contributed by atoms with Gasteiger partial charge in [-0.25, -0.2) is 4.79 Å². The van der Waals surface area contributed by atoms with Crippen molar-refractivity contribution in [2.75, 3.05) is 5.75 Å². The fourth-order valence-corrected chi connectivity index (χ4v) is 4.63. The lowest BCUT2D eigenvalue weighted by molar-refractivity contribution is -0.144. The van der Waals surface area contributed by atoms with Crippen molar-refractivity contribution in [3.63, 3.8) is 0 Å². The summed E-state index contributed by atoms with van der Waals surface area (Å²) >= 11 is 1.78. The van der Waals surface area contributed by atoms with Crippen LogP contribution in [-0.2, 0) is 22.4 Å². The van der Waals surface area contributed by atoms with E-state index in [2.05, 4.69) is 38.2 Å². The Kier molecular flexibility index (Phi) is 7.01. The van der Waals surface area contributed by atoms with E-state index in [4.69, 9.17) is 0 Å². The van der Waals surface area contributed by atoms with Gasteiger partial charge in [0, 0.05) is 10.5 Å². The molecule has 27 heavy (non-hydrogen) atoms. The fourth-order valence-electron chi connectivity index (χ4n) is 3.54. The van der Waals surface area contributed by atoms with Crippen molar-refractivity contribution in [2.45, 2.75) is 71.1 Å². The van der Waals surface area contributed by atoms with Crippen molar-refractivity contribution >= 4 is 23.6 Å². The second-order valence-corrected chi connectivity index (χ2v) is 10.9. The fraction of sp³-hybridized carbons (Fsp3) is 0.636. The number of carbonyl (C=O) groups is 2. The van der Waals surface area contributed by atoms with E-state index in [-0.39, 0.29) is 16.6 Å². The van der Waals surface area contributed by atoms with Crippen LogP contribution in [0.15, 0.2) is 24.3 Å². The second-order valence-electron chi connectivity index (χ2n) is 9.12. The SMILES string of the molecule is CC(C)C[C@H](NC(=O)C1(CSC(C)(C)C)CCc2ccccc2C1)C(=O)O. The Morgan fingerprint density at radius 2 is 1.85 bits per heavy atom. The van der Waals surface area contributed by atoms with Crippen molar-refractivity contribution in [1.82, 2.24) is 5.32 Å². The summed E-state index contributed by atoms with van der Waals surface area (Å²) in [6, 6.07) is 7.46. The van der Waals surface area contributed by atoms with Crippen LogP contribution >= 0.6 is 11.8 Å². The lowest BCUT2D eigenvalue weighted by atomic mass is 9.72. The monoisotopic (exact) mass is 391 g/mol. The maximum absolute atomic E-state index is 13.4. The zero-order chi connectivity index (χ0) is 20.2. The smallest absolute Gasteiger partial charge is 0.326 e. The molecule has 0 aliphatic heterocycles. The van der Waals surface area contributed by atoms with Crippen molar-refractivity contribution in [2.24, 2.45) is 11.3 Å².